The number of aromatic nitrogens is 1. The lowest BCUT2D eigenvalue weighted by atomic mass is 10.0. The summed E-state index contributed by atoms with van der Waals surface area (Å²) in [6.45, 7) is 7.63. The van der Waals surface area contributed by atoms with Gasteiger partial charge in [0, 0.05) is 37.5 Å². The highest BCUT2D eigenvalue weighted by Crippen LogP contribution is 2.21. The first-order chi connectivity index (χ1) is 11.2. The summed E-state index contributed by atoms with van der Waals surface area (Å²) in [7, 11) is 0. The van der Waals surface area contributed by atoms with E-state index < -0.39 is 0 Å². The van der Waals surface area contributed by atoms with Gasteiger partial charge in [-0.2, -0.15) is 0 Å². The molecule has 1 amide bonds. The quantitative estimate of drug-likeness (QED) is 0.855. The molecule has 0 spiro atoms. The minimum atomic E-state index is 0.000458. The van der Waals surface area contributed by atoms with Gasteiger partial charge in [-0.25, -0.2) is 4.98 Å². The van der Waals surface area contributed by atoms with Gasteiger partial charge in [-0.3, -0.25) is 9.69 Å². The number of nitrogens with one attached hydrogen (secondary N) is 2. The molecule has 2 N–H and O–H groups in total. The summed E-state index contributed by atoms with van der Waals surface area (Å²) in [6, 6.07) is 0.109. The van der Waals surface area contributed by atoms with E-state index in [1.165, 1.54) is 24.2 Å². The van der Waals surface area contributed by atoms with Crippen LogP contribution in [0.1, 0.15) is 31.9 Å². The molecule has 2 aliphatic heterocycles. The normalized spacial score (nSPS) is 26.1. The molecule has 0 bridgehead atoms. The van der Waals surface area contributed by atoms with Crippen LogP contribution in [0.4, 0.5) is 5.13 Å². The molecule has 23 heavy (non-hydrogen) atoms. The molecular formula is C16H26N4O2S. The summed E-state index contributed by atoms with van der Waals surface area (Å²) in [5.41, 5.74) is 1.05. The first kappa shape index (κ1) is 16.8. The third kappa shape index (κ3) is 5.24. The highest BCUT2D eigenvalue weighted by molar-refractivity contribution is 7.13. The predicted molar refractivity (Wildman–Crippen MR) is 91.6 cm³/mol. The second-order valence-electron chi connectivity index (χ2n) is 6.60. The molecule has 2 saturated heterocycles. The van der Waals surface area contributed by atoms with Crippen LogP contribution in [0.25, 0.3) is 0 Å². The maximum Gasteiger partial charge on any atom is 0.227 e. The molecule has 0 radical (unpaired) electrons. The summed E-state index contributed by atoms with van der Waals surface area (Å²) in [5, 5.41) is 8.95. The number of amides is 1. The van der Waals surface area contributed by atoms with E-state index in [2.05, 4.69) is 32.8 Å². The van der Waals surface area contributed by atoms with Gasteiger partial charge in [-0.15, -0.1) is 11.3 Å². The molecule has 1 aromatic rings. The standard InChI is InChI=1S/C16H26N4O2S/c1-12-3-2-5-20(8-12)9-14-11-23-16(18-14)19-15(21)7-13-10-22-6-4-17-13/h11-13,17H,2-10H2,1H3,(H,18,19,21). The average molecular weight is 338 g/mol. The largest absolute Gasteiger partial charge is 0.378 e. The zero-order chi connectivity index (χ0) is 16.1. The van der Waals surface area contributed by atoms with Crippen molar-refractivity contribution in [3.05, 3.63) is 11.1 Å². The molecule has 3 rings (SSSR count). The van der Waals surface area contributed by atoms with Crippen molar-refractivity contribution in [2.45, 2.75) is 38.8 Å². The van der Waals surface area contributed by atoms with Crippen LogP contribution in [0.2, 0.25) is 0 Å². The fourth-order valence-electron chi connectivity index (χ4n) is 3.24. The van der Waals surface area contributed by atoms with E-state index in [0.717, 1.165) is 44.4 Å². The summed E-state index contributed by atoms with van der Waals surface area (Å²) in [6.07, 6.45) is 3.03. The molecular weight excluding hydrogens is 312 g/mol. The Labute approximate surface area is 141 Å². The molecule has 3 heterocycles. The van der Waals surface area contributed by atoms with E-state index >= 15 is 0 Å². The minimum absolute atomic E-state index is 0.000458. The van der Waals surface area contributed by atoms with Crippen LogP contribution >= 0.6 is 11.3 Å². The summed E-state index contributed by atoms with van der Waals surface area (Å²) >= 11 is 1.51. The van der Waals surface area contributed by atoms with Crippen LogP contribution in [0.5, 0.6) is 0 Å². The Morgan fingerprint density at radius 3 is 3.30 bits per heavy atom. The summed E-state index contributed by atoms with van der Waals surface area (Å²) in [4.78, 5) is 19.1. The van der Waals surface area contributed by atoms with E-state index in [4.69, 9.17) is 4.74 Å². The van der Waals surface area contributed by atoms with Gasteiger partial charge in [0.2, 0.25) is 5.91 Å². The van der Waals surface area contributed by atoms with Crippen LogP contribution in [-0.4, -0.2) is 54.7 Å². The van der Waals surface area contributed by atoms with Crippen molar-refractivity contribution >= 4 is 22.4 Å². The Kier molecular flexibility index (Phi) is 5.99. The zero-order valence-corrected chi connectivity index (χ0v) is 14.5. The number of hydrogen-bond donors (Lipinski definition) is 2. The number of anilines is 1. The van der Waals surface area contributed by atoms with Crippen LogP contribution < -0.4 is 10.6 Å². The number of likely N-dealkylation sites (tertiary alicyclic amines) is 1. The van der Waals surface area contributed by atoms with E-state index in [0.29, 0.717) is 18.2 Å². The average Bonchev–Trinajstić information content (AvgIpc) is 2.95. The number of hydrogen-bond acceptors (Lipinski definition) is 6. The van der Waals surface area contributed by atoms with Gasteiger partial charge < -0.3 is 15.4 Å². The van der Waals surface area contributed by atoms with Crippen molar-refractivity contribution < 1.29 is 9.53 Å². The molecule has 2 aliphatic rings. The molecule has 128 valence electrons. The second-order valence-corrected chi connectivity index (χ2v) is 7.46. The number of carbonyl (C=O) groups is 1. The zero-order valence-electron chi connectivity index (χ0n) is 13.7. The fraction of sp³-hybridized carbons (Fsp3) is 0.750. The lowest BCUT2D eigenvalue weighted by Crippen LogP contribution is -2.43. The Bertz CT molecular complexity index is 516. The first-order valence-electron chi connectivity index (χ1n) is 8.47. The SMILES string of the molecule is CC1CCCN(Cc2csc(NC(=O)CC3COCCN3)n2)C1. The Morgan fingerprint density at radius 2 is 2.52 bits per heavy atom. The molecule has 0 aliphatic carbocycles. The highest BCUT2D eigenvalue weighted by Gasteiger charge is 2.19. The Morgan fingerprint density at radius 1 is 1.61 bits per heavy atom. The Balaban J connectivity index is 1.45. The number of morpholine rings is 1. The van der Waals surface area contributed by atoms with Crippen molar-refractivity contribution in [3.8, 4) is 0 Å². The number of rotatable bonds is 5. The van der Waals surface area contributed by atoms with E-state index in [1.807, 2.05) is 0 Å². The lowest BCUT2D eigenvalue weighted by Gasteiger charge is -2.30. The minimum Gasteiger partial charge on any atom is -0.378 e. The number of ether oxygens (including phenoxy) is 1. The molecule has 6 nitrogen and oxygen atoms in total. The van der Waals surface area contributed by atoms with Gasteiger partial charge >= 0.3 is 0 Å². The third-order valence-corrected chi connectivity index (χ3v) is 5.16. The van der Waals surface area contributed by atoms with Gasteiger partial charge in [-0.1, -0.05) is 6.92 Å². The van der Waals surface area contributed by atoms with Crippen molar-refractivity contribution in [3.63, 3.8) is 0 Å². The van der Waals surface area contributed by atoms with Gasteiger partial charge in [0.25, 0.3) is 0 Å². The number of carbonyl (C=O) groups excluding carboxylic acids is 1. The predicted octanol–water partition coefficient (Wildman–Crippen LogP) is 1.69. The van der Waals surface area contributed by atoms with Crippen LogP contribution in [-0.2, 0) is 16.1 Å². The molecule has 2 unspecified atom stereocenters. The maximum atomic E-state index is 12.1. The van der Waals surface area contributed by atoms with Gasteiger partial charge in [0.15, 0.2) is 5.13 Å². The molecule has 0 aromatic carbocycles. The highest BCUT2D eigenvalue weighted by atomic mass is 32.1. The van der Waals surface area contributed by atoms with Crippen LogP contribution in [0, 0.1) is 5.92 Å². The van der Waals surface area contributed by atoms with E-state index in [9.17, 15) is 4.79 Å². The topological polar surface area (TPSA) is 66.5 Å². The first-order valence-corrected chi connectivity index (χ1v) is 9.35. The van der Waals surface area contributed by atoms with Gasteiger partial charge in [0.05, 0.1) is 18.9 Å². The summed E-state index contributed by atoms with van der Waals surface area (Å²) < 4.78 is 5.37. The Hall–Kier alpha value is -1.02. The van der Waals surface area contributed by atoms with Gasteiger partial charge in [-0.05, 0) is 25.3 Å². The van der Waals surface area contributed by atoms with Gasteiger partial charge in [0.1, 0.15) is 0 Å². The third-order valence-electron chi connectivity index (χ3n) is 4.36. The molecule has 1 aromatic heterocycles. The van der Waals surface area contributed by atoms with Crippen LogP contribution in [0.3, 0.4) is 0 Å². The summed E-state index contributed by atoms with van der Waals surface area (Å²) in [5.74, 6) is 0.771. The molecule has 2 fully saturated rings. The lowest BCUT2D eigenvalue weighted by molar-refractivity contribution is -0.117. The maximum absolute atomic E-state index is 12.1. The van der Waals surface area contributed by atoms with Crippen molar-refractivity contribution in [1.29, 1.82) is 0 Å². The number of nitrogens with zero attached hydrogens (tertiary/aromatic N) is 2. The molecule has 0 saturated carbocycles. The van der Waals surface area contributed by atoms with Crippen molar-refractivity contribution in [2.75, 3.05) is 38.2 Å². The van der Waals surface area contributed by atoms with Crippen molar-refractivity contribution in [2.24, 2.45) is 5.92 Å². The van der Waals surface area contributed by atoms with E-state index in [1.54, 1.807) is 0 Å². The monoisotopic (exact) mass is 338 g/mol. The number of piperidine rings is 1. The van der Waals surface area contributed by atoms with Crippen LogP contribution in [0.15, 0.2) is 5.38 Å². The molecule has 7 heteroatoms. The smallest absolute Gasteiger partial charge is 0.227 e. The molecule has 2 atom stereocenters. The van der Waals surface area contributed by atoms with Crippen molar-refractivity contribution in [1.82, 2.24) is 15.2 Å². The number of thiazole rings is 1. The fourth-order valence-corrected chi connectivity index (χ4v) is 3.96. The second kappa shape index (κ2) is 8.19. The van der Waals surface area contributed by atoms with E-state index in [-0.39, 0.29) is 11.9 Å².